The van der Waals surface area contributed by atoms with Crippen LogP contribution in [0.4, 0.5) is 0 Å². The van der Waals surface area contributed by atoms with Crippen LogP contribution in [-0.2, 0) is 0 Å². The van der Waals surface area contributed by atoms with Crippen molar-refractivity contribution in [3.8, 4) is 0 Å². The molecule has 96 valence electrons. The maximum Gasteiger partial charge on any atom is 0.138 e. The lowest BCUT2D eigenvalue weighted by Crippen LogP contribution is -2.34. The molecule has 2 aromatic heterocycles. The molecule has 2 aromatic rings. The quantitative estimate of drug-likeness (QED) is 0.776. The van der Waals surface area contributed by atoms with Gasteiger partial charge in [-0.25, -0.2) is 4.98 Å². The van der Waals surface area contributed by atoms with Crippen molar-refractivity contribution >= 4 is 17.2 Å². The van der Waals surface area contributed by atoms with E-state index in [1.807, 2.05) is 22.6 Å². The molecule has 1 aliphatic heterocycles. The number of pyridine rings is 1. The van der Waals surface area contributed by atoms with E-state index in [-0.39, 0.29) is 0 Å². The predicted octanol–water partition coefficient (Wildman–Crippen LogP) is 3.19. The van der Waals surface area contributed by atoms with Crippen LogP contribution in [0.25, 0.3) is 5.65 Å². The van der Waals surface area contributed by atoms with E-state index in [1.165, 1.54) is 25.1 Å². The molecule has 1 atom stereocenters. The number of rotatable bonds is 2. The van der Waals surface area contributed by atoms with Crippen LogP contribution in [0.2, 0.25) is 5.15 Å². The Balaban J connectivity index is 1.92. The Morgan fingerprint density at radius 3 is 3.11 bits per heavy atom. The fourth-order valence-corrected chi connectivity index (χ4v) is 2.98. The maximum atomic E-state index is 6.18. The Morgan fingerprint density at radius 1 is 1.44 bits per heavy atom. The Morgan fingerprint density at radius 2 is 2.33 bits per heavy atom. The summed E-state index contributed by atoms with van der Waals surface area (Å²) in [6.07, 6.45) is 4.60. The lowest BCUT2D eigenvalue weighted by molar-refractivity contribution is 0.216. The lowest BCUT2D eigenvalue weighted by Gasteiger charge is -2.30. The van der Waals surface area contributed by atoms with Crippen LogP contribution in [-0.4, -0.2) is 33.9 Å². The first kappa shape index (κ1) is 12.0. The standard InChI is InChI=1S/C14H18ClN3/c1-2-17-8-4-5-11(9-17)12-10-18-13(15)6-3-7-14(18)16-12/h3,6-7,10-11H,2,4-5,8-9H2,1H3. The van der Waals surface area contributed by atoms with Crippen LogP contribution in [0.15, 0.2) is 24.4 Å². The summed E-state index contributed by atoms with van der Waals surface area (Å²) in [6, 6.07) is 5.86. The minimum absolute atomic E-state index is 0.551. The van der Waals surface area contributed by atoms with E-state index in [0.29, 0.717) is 5.92 Å². The first-order valence-corrected chi connectivity index (χ1v) is 7.01. The van der Waals surface area contributed by atoms with Gasteiger partial charge in [0.25, 0.3) is 0 Å². The van der Waals surface area contributed by atoms with Gasteiger partial charge in [-0.15, -0.1) is 0 Å². The second kappa shape index (κ2) is 4.90. The predicted molar refractivity (Wildman–Crippen MR) is 74.3 cm³/mol. The number of fused-ring (bicyclic) bond motifs is 1. The number of hydrogen-bond donors (Lipinski definition) is 0. The average molecular weight is 264 g/mol. The van der Waals surface area contributed by atoms with Crippen molar-refractivity contribution in [1.82, 2.24) is 14.3 Å². The van der Waals surface area contributed by atoms with Gasteiger partial charge >= 0.3 is 0 Å². The molecule has 18 heavy (non-hydrogen) atoms. The van der Waals surface area contributed by atoms with Gasteiger partial charge < -0.3 is 4.90 Å². The molecule has 0 aromatic carbocycles. The van der Waals surface area contributed by atoms with Gasteiger partial charge in [-0.1, -0.05) is 24.6 Å². The molecule has 1 aliphatic rings. The Bertz CT molecular complexity index is 549. The van der Waals surface area contributed by atoms with Crippen LogP contribution >= 0.6 is 11.6 Å². The van der Waals surface area contributed by atoms with E-state index < -0.39 is 0 Å². The topological polar surface area (TPSA) is 20.5 Å². The maximum absolute atomic E-state index is 6.18. The normalized spacial score (nSPS) is 21.6. The summed E-state index contributed by atoms with van der Waals surface area (Å²) in [5, 5.41) is 0.731. The van der Waals surface area contributed by atoms with Gasteiger partial charge in [-0.2, -0.15) is 0 Å². The molecule has 1 saturated heterocycles. The highest BCUT2D eigenvalue weighted by atomic mass is 35.5. The molecule has 3 rings (SSSR count). The number of piperidine rings is 1. The van der Waals surface area contributed by atoms with Gasteiger partial charge in [0.1, 0.15) is 10.8 Å². The van der Waals surface area contributed by atoms with Crippen LogP contribution in [0, 0.1) is 0 Å². The van der Waals surface area contributed by atoms with Crippen LogP contribution in [0.5, 0.6) is 0 Å². The van der Waals surface area contributed by atoms with Crippen molar-refractivity contribution in [2.75, 3.05) is 19.6 Å². The van der Waals surface area contributed by atoms with Crippen LogP contribution < -0.4 is 0 Å². The van der Waals surface area contributed by atoms with Gasteiger partial charge in [-0.05, 0) is 38.1 Å². The number of imidazole rings is 1. The number of likely N-dealkylation sites (tertiary alicyclic amines) is 1. The smallest absolute Gasteiger partial charge is 0.138 e. The summed E-state index contributed by atoms with van der Waals surface area (Å²) >= 11 is 6.18. The summed E-state index contributed by atoms with van der Waals surface area (Å²) in [5.74, 6) is 0.551. The minimum atomic E-state index is 0.551. The zero-order valence-electron chi connectivity index (χ0n) is 10.6. The second-order valence-corrected chi connectivity index (χ2v) is 5.36. The third kappa shape index (κ3) is 2.13. The molecule has 0 N–H and O–H groups in total. The third-order valence-corrected chi connectivity index (χ3v) is 4.14. The number of nitrogens with zero attached hydrogens (tertiary/aromatic N) is 3. The summed E-state index contributed by atoms with van der Waals surface area (Å²) in [6.45, 7) is 5.70. The molecule has 0 radical (unpaired) electrons. The van der Waals surface area contributed by atoms with E-state index in [2.05, 4.69) is 18.0 Å². The minimum Gasteiger partial charge on any atom is -0.303 e. The fraction of sp³-hybridized carbons (Fsp3) is 0.500. The summed E-state index contributed by atoms with van der Waals surface area (Å²) in [5.41, 5.74) is 2.13. The SMILES string of the molecule is CCN1CCCC(c2cn3c(Cl)cccc3n2)C1. The van der Waals surface area contributed by atoms with Crippen molar-refractivity contribution < 1.29 is 0 Å². The summed E-state index contributed by atoms with van der Waals surface area (Å²) < 4.78 is 1.97. The van der Waals surface area contributed by atoms with Crippen molar-refractivity contribution in [2.45, 2.75) is 25.7 Å². The molecule has 1 unspecified atom stereocenters. The molecule has 3 nitrogen and oxygen atoms in total. The first-order valence-electron chi connectivity index (χ1n) is 6.64. The van der Waals surface area contributed by atoms with E-state index in [1.54, 1.807) is 0 Å². The molecular formula is C14H18ClN3. The zero-order chi connectivity index (χ0) is 12.5. The molecule has 0 amide bonds. The third-order valence-electron chi connectivity index (χ3n) is 3.83. The molecule has 4 heteroatoms. The van der Waals surface area contributed by atoms with Crippen molar-refractivity contribution in [1.29, 1.82) is 0 Å². The molecule has 3 heterocycles. The van der Waals surface area contributed by atoms with E-state index >= 15 is 0 Å². The van der Waals surface area contributed by atoms with Crippen molar-refractivity contribution in [3.63, 3.8) is 0 Å². The molecular weight excluding hydrogens is 246 g/mol. The monoisotopic (exact) mass is 263 g/mol. The van der Waals surface area contributed by atoms with E-state index in [9.17, 15) is 0 Å². The number of hydrogen-bond acceptors (Lipinski definition) is 2. The van der Waals surface area contributed by atoms with Crippen molar-refractivity contribution in [3.05, 3.63) is 35.2 Å². The second-order valence-electron chi connectivity index (χ2n) is 4.97. The molecule has 0 spiro atoms. The number of likely N-dealkylation sites (N-methyl/N-ethyl adjacent to an activating group) is 1. The number of halogens is 1. The van der Waals surface area contributed by atoms with E-state index in [0.717, 1.165) is 23.9 Å². The molecule has 0 saturated carbocycles. The molecule has 0 aliphatic carbocycles. The highest BCUT2D eigenvalue weighted by molar-refractivity contribution is 6.29. The Kier molecular flexibility index (Phi) is 3.27. The van der Waals surface area contributed by atoms with Gasteiger partial charge in [-0.3, -0.25) is 4.40 Å². The number of aromatic nitrogens is 2. The average Bonchev–Trinajstić information content (AvgIpc) is 2.84. The van der Waals surface area contributed by atoms with Crippen LogP contribution in [0.3, 0.4) is 0 Å². The first-order chi connectivity index (χ1) is 8.78. The van der Waals surface area contributed by atoms with Gasteiger partial charge in [0.2, 0.25) is 0 Å². The van der Waals surface area contributed by atoms with Gasteiger partial charge in [0, 0.05) is 18.7 Å². The molecule has 0 bridgehead atoms. The Labute approximate surface area is 112 Å². The largest absolute Gasteiger partial charge is 0.303 e. The Hall–Kier alpha value is -1.06. The summed E-state index contributed by atoms with van der Waals surface area (Å²) in [7, 11) is 0. The van der Waals surface area contributed by atoms with Crippen molar-refractivity contribution in [2.24, 2.45) is 0 Å². The fourth-order valence-electron chi connectivity index (χ4n) is 2.78. The van der Waals surface area contributed by atoms with E-state index in [4.69, 9.17) is 16.6 Å². The highest BCUT2D eigenvalue weighted by Gasteiger charge is 2.22. The summed E-state index contributed by atoms with van der Waals surface area (Å²) in [4.78, 5) is 7.22. The van der Waals surface area contributed by atoms with Gasteiger partial charge in [0.15, 0.2) is 0 Å². The lowest BCUT2D eigenvalue weighted by atomic mass is 9.95. The highest BCUT2D eigenvalue weighted by Crippen LogP contribution is 2.27. The molecule has 1 fully saturated rings. The van der Waals surface area contributed by atoms with Crippen LogP contribution in [0.1, 0.15) is 31.4 Å². The van der Waals surface area contributed by atoms with Gasteiger partial charge in [0.05, 0.1) is 5.69 Å². The zero-order valence-corrected chi connectivity index (χ0v) is 11.4.